The van der Waals surface area contributed by atoms with Crippen LogP contribution in [-0.2, 0) is 6.54 Å². The first-order valence-electron chi connectivity index (χ1n) is 8.44. The first-order chi connectivity index (χ1) is 13.4. The van der Waals surface area contributed by atoms with Crippen molar-refractivity contribution < 1.29 is 19.3 Å². The number of benzene rings is 2. The summed E-state index contributed by atoms with van der Waals surface area (Å²) >= 11 is 12.0. The van der Waals surface area contributed by atoms with Gasteiger partial charge < -0.3 is 30.4 Å². The Balaban J connectivity index is 1.81. The van der Waals surface area contributed by atoms with Crippen molar-refractivity contribution in [2.75, 3.05) is 27.4 Å². The summed E-state index contributed by atoms with van der Waals surface area (Å²) in [7, 11) is 3.15. The van der Waals surface area contributed by atoms with Gasteiger partial charge in [-0.05, 0) is 29.8 Å². The van der Waals surface area contributed by atoms with Crippen LogP contribution in [0.2, 0.25) is 10.0 Å². The number of rotatable bonds is 9. The third-order valence-corrected chi connectivity index (χ3v) is 4.55. The minimum absolute atomic E-state index is 0.0238. The molecule has 2 aromatic rings. The lowest BCUT2D eigenvalue weighted by Gasteiger charge is -2.14. The van der Waals surface area contributed by atoms with Crippen LogP contribution in [-0.4, -0.2) is 44.5 Å². The monoisotopic (exact) mass is 427 g/mol. The fourth-order valence-corrected chi connectivity index (χ4v) is 2.62. The lowest BCUT2D eigenvalue weighted by molar-refractivity contribution is 0.110. The summed E-state index contributed by atoms with van der Waals surface area (Å²) in [5.74, 6) is 1.87. The highest BCUT2D eigenvalue weighted by Crippen LogP contribution is 2.31. The number of halogens is 2. The Morgan fingerprint density at radius 2 is 1.89 bits per heavy atom. The molecule has 0 spiro atoms. The van der Waals surface area contributed by atoms with E-state index in [9.17, 15) is 5.11 Å². The number of methoxy groups -OCH3 is 2. The molecular formula is C19H23Cl2N3O4. The molecule has 0 saturated heterocycles. The van der Waals surface area contributed by atoms with E-state index in [0.29, 0.717) is 33.8 Å². The van der Waals surface area contributed by atoms with Crippen molar-refractivity contribution in [2.24, 2.45) is 10.7 Å². The molecule has 1 unspecified atom stereocenters. The Bertz CT molecular complexity index is 818. The van der Waals surface area contributed by atoms with Crippen molar-refractivity contribution in [3.05, 3.63) is 52.0 Å². The van der Waals surface area contributed by atoms with Gasteiger partial charge in [0.05, 0.1) is 25.8 Å². The molecule has 0 aliphatic rings. The minimum atomic E-state index is -0.815. The summed E-state index contributed by atoms with van der Waals surface area (Å²) in [6, 6.07) is 10.5. The Morgan fingerprint density at radius 1 is 1.14 bits per heavy atom. The van der Waals surface area contributed by atoms with E-state index in [1.54, 1.807) is 38.5 Å². The summed E-state index contributed by atoms with van der Waals surface area (Å²) in [6.45, 7) is 0.541. The molecule has 9 heteroatoms. The molecule has 0 saturated carbocycles. The Hall–Kier alpha value is -2.35. The number of hydrogen-bond donors (Lipinski definition) is 3. The van der Waals surface area contributed by atoms with Gasteiger partial charge >= 0.3 is 0 Å². The number of ether oxygens (including phenoxy) is 3. The second-order valence-corrected chi connectivity index (χ2v) is 6.57. The lowest BCUT2D eigenvalue weighted by atomic mass is 10.2. The van der Waals surface area contributed by atoms with Crippen LogP contribution < -0.4 is 25.3 Å². The van der Waals surface area contributed by atoms with E-state index in [2.05, 4.69) is 10.3 Å². The Morgan fingerprint density at radius 3 is 2.61 bits per heavy atom. The predicted molar refractivity (Wildman–Crippen MR) is 111 cm³/mol. The minimum Gasteiger partial charge on any atom is -0.493 e. The molecule has 2 aromatic carbocycles. The number of aliphatic imine (C=N–C) groups is 1. The fourth-order valence-electron chi connectivity index (χ4n) is 2.27. The van der Waals surface area contributed by atoms with Crippen LogP contribution in [0.5, 0.6) is 17.2 Å². The molecule has 28 heavy (non-hydrogen) atoms. The summed E-state index contributed by atoms with van der Waals surface area (Å²) in [5, 5.41) is 13.6. The summed E-state index contributed by atoms with van der Waals surface area (Å²) in [4.78, 5) is 4.24. The maximum atomic E-state index is 10.0. The van der Waals surface area contributed by atoms with E-state index in [4.69, 9.17) is 43.1 Å². The molecule has 0 heterocycles. The van der Waals surface area contributed by atoms with E-state index in [1.807, 2.05) is 12.1 Å². The summed E-state index contributed by atoms with van der Waals surface area (Å²) < 4.78 is 15.9. The zero-order valence-electron chi connectivity index (χ0n) is 15.6. The van der Waals surface area contributed by atoms with Crippen LogP contribution in [0, 0.1) is 0 Å². The molecule has 0 aliphatic heterocycles. The van der Waals surface area contributed by atoms with Gasteiger partial charge in [0.25, 0.3) is 0 Å². The molecule has 4 N–H and O–H groups in total. The standard InChI is InChI=1S/C19H23Cl2N3O4/c1-26-15-7-6-12(8-17(15)27-2)9-23-19(22)24-10-13(25)11-28-16-5-3-4-14(20)18(16)21/h3-8,13,25H,9-11H2,1-2H3,(H3,22,23,24). The fraction of sp³-hybridized carbons (Fsp3) is 0.316. The van der Waals surface area contributed by atoms with Crippen LogP contribution >= 0.6 is 23.2 Å². The number of nitrogens with zero attached hydrogens (tertiary/aromatic N) is 1. The van der Waals surface area contributed by atoms with Gasteiger partial charge in [-0.3, -0.25) is 0 Å². The van der Waals surface area contributed by atoms with Gasteiger partial charge in [-0.15, -0.1) is 0 Å². The van der Waals surface area contributed by atoms with Gasteiger partial charge in [0, 0.05) is 6.54 Å². The van der Waals surface area contributed by atoms with Gasteiger partial charge in [0.15, 0.2) is 17.5 Å². The van der Waals surface area contributed by atoms with E-state index in [1.165, 1.54) is 0 Å². The first-order valence-corrected chi connectivity index (χ1v) is 9.19. The molecular weight excluding hydrogens is 405 g/mol. The molecule has 1 atom stereocenters. The van der Waals surface area contributed by atoms with Gasteiger partial charge in [-0.25, -0.2) is 4.99 Å². The quantitative estimate of drug-likeness (QED) is 0.420. The van der Waals surface area contributed by atoms with Crippen molar-refractivity contribution in [3.63, 3.8) is 0 Å². The van der Waals surface area contributed by atoms with Crippen molar-refractivity contribution in [3.8, 4) is 17.2 Å². The molecule has 0 bridgehead atoms. The van der Waals surface area contributed by atoms with E-state index >= 15 is 0 Å². The molecule has 0 radical (unpaired) electrons. The Kier molecular flexibility index (Phi) is 8.50. The Labute approximate surface area is 174 Å². The molecule has 0 amide bonds. The molecule has 0 fully saturated rings. The average Bonchev–Trinajstić information content (AvgIpc) is 2.71. The van der Waals surface area contributed by atoms with Crippen LogP contribution in [0.25, 0.3) is 0 Å². The highest BCUT2D eigenvalue weighted by molar-refractivity contribution is 6.42. The number of nitrogens with one attached hydrogen (secondary N) is 1. The first kappa shape index (κ1) is 21.9. The lowest BCUT2D eigenvalue weighted by Crippen LogP contribution is -2.39. The smallest absolute Gasteiger partial charge is 0.189 e. The summed E-state index contributed by atoms with van der Waals surface area (Å²) in [5.41, 5.74) is 6.74. The SMILES string of the molecule is COc1ccc(CN=C(N)NCC(O)COc2cccc(Cl)c2Cl)cc1OC. The van der Waals surface area contributed by atoms with Crippen LogP contribution in [0.3, 0.4) is 0 Å². The molecule has 2 rings (SSSR count). The van der Waals surface area contributed by atoms with Crippen molar-refractivity contribution in [1.82, 2.24) is 5.32 Å². The third-order valence-electron chi connectivity index (χ3n) is 3.75. The zero-order valence-corrected chi connectivity index (χ0v) is 17.1. The van der Waals surface area contributed by atoms with Crippen molar-refractivity contribution in [1.29, 1.82) is 0 Å². The highest BCUT2D eigenvalue weighted by Gasteiger charge is 2.10. The second kappa shape index (κ2) is 10.8. The maximum absolute atomic E-state index is 10.0. The van der Waals surface area contributed by atoms with Gasteiger partial charge in [-0.2, -0.15) is 0 Å². The number of aliphatic hydroxyl groups excluding tert-OH is 1. The normalized spacial score (nSPS) is 12.4. The van der Waals surface area contributed by atoms with E-state index in [-0.39, 0.29) is 19.1 Å². The molecule has 0 aliphatic carbocycles. The number of hydrogen-bond acceptors (Lipinski definition) is 5. The largest absolute Gasteiger partial charge is 0.493 e. The van der Waals surface area contributed by atoms with Crippen LogP contribution in [0.15, 0.2) is 41.4 Å². The summed E-state index contributed by atoms with van der Waals surface area (Å²) in [6.07, 6.45) is -0.815. The van der Waals surface area contributed by atoms with Crippen molar-refractivity contribution >= 4 is 29.2 Å². The number of nitrogens with two attached hydrogens (primary N) is 1. The zero-order chi connectivity index (χ0) is 20.5. The highest BCUT2D eigenvalue weighted by atomic mass is 35.5. The number of guanidine groups is 1. The average molecular weight is 428 g/mol. The third kappa shape index (κ3) is 6.37. The topological polar surface area (TPSA) is 98.3 Å². The molecule has 7 nitrogen and oxygen atoms in total. The van der Waals surface area contributed by atoms with E-state index in [0.717, 1.165) is 5.56 Å². The molecule has 152 valence electrons. The maximum Gasteiger partial charge on any atom is 0.189 e. The van der Waals surface area contributed by atoms with E-state index < -0.39 is 6.10 Å². The van der Waals surface area contributed by atoms with Crippen LogP contribution in [0.1, 0.15) is 5.56 Å². The van der Waals surface area contributed by atoms with Gasteiger partial charge in [-0.1, -0.05) is 35.3 Å². The second-order valence-electron chi connectivity index (χ2n) is 5.79. The van der Waals surface area contributed by atoms with Crippen LogP contribution in [0.4, 0.5) is 0 Å². The predicted octanol–water partition coefficient (Wildman–Crippen LogP) is 2.85. The molecule has 0 aromatic heterocycles. The van der Waals surface area contributed by atoms with Crippen molar-refractivity contribution in [2.45, 2.75) is 12.6 Å². The number of aliphatic hydroxyl groups is 1. The van der Waals surface area contributed by atoms with Gasteiger partial charge in [0.2, 0.25) is 0 Å². The van der Waals surface area contributed by atoms with Gasteiger partial charge in [0.1, 0.15) is 23.5 Å².